The summed E-state index contributed by atoms with van der Waals surface area (Å²) in [5.41, 5.74) is 1.00. The average Bonchev–Trinajstić information content (AvgIpc) is 3.19. The summed E-state index contributed by atoms with van der Waals surface area (Å²) in [6, 6.07) is 9.44. The van der Waals surface area contributed by atoms with E-state index in [2.05, 4.69) is 0 Å². The van der Waals surface area contributed by atoms with Crippen LogP contribution >= 0.6 is 11.3 Å². The fraction of sp³-hybridized carbons (Fsp3) is 0.333. The molecule has 1 saturated heterocycles. The van der Waals surface area contributed by atoms with Gasteiger partial charge in [-0.15, -0.1) is 11.3 Å². The molecule has 2 heterocycles. The molecular formula is C21H22FNO4S. The zero-order valence-electron chi connectivity index (χ0n) is 15.8. The second-order valence-corrected chi connectivity index (χ2v) is 7.67. The molecule has 5 nitrogen and oxygen atoms in total. The number of rotatable bonds is 5. The summed E-state index contributed by atoms with van der Waals surface area (Å²) in [6.45, 7) is 4.43. The number of nitrogens with zero attached hydrogens (tertiary/aromatic N) is 1. The fourth-order valence-electron chi connectivity index (χ4n) is 3.07. The van der Waals surface area contributed by atoms with Gasteiger partial charge < -0.3 is 14.4 Å². The average molecular weight is 403 g/mol. The van der Waals surface area contributed by atoms with Gasteiger partial charge in [0.15, 0.2) is 6.61 Å². The van der Waals surface area contributed by atoms with Crippen molar-refractivity contribution in [3.8, 4) is 0 Å². The van der Waals surface area contributed by atoms with Gasteiger partial charge in [-0.2, -0.15) is 0 Å². The number of halogens is 1. The third-order valence-corrected chi connectivity index (χ3v) is 5.19. The lowest BCUT2D eigenvalue weighted by atomic mass is 10.1. The third kappa shape index (κ3) is 5.27. The van der Waals surface area contributed by atoms with E-state index in [-0.39, 0.29) is 30.5 Å². The maximum absolute atomic E-state index is 13.1. The molecule has 0 bridgehead atoms. The van der Waals surface area contributed by atoms with Gasteiger partial charge >= 0.3 is 5.97 Å². The largest absolute Gasteiger partial charge is 0.452 e. The van der Waals surface area contributed by atoms with E-state index in [1.807, 2.05) is 25.3 Å². The van der Waals surface area contributed by atoms with Crippen LogP contribution in [0.4, 0.5) is 4.39 Å². The summed E-state index contributed by atoms with van der Waals surface area (Å²) in [4.78, 5) is 27.5. The van der Waals surface area contributed by atoms with Gasteiger partial charge in [-0.1, -0.05) is 18.2 Å². The van der Waals surface area contributed by atoms with Crippen molar-refractivity contribution in [3.05, 3.63) is 58.0 Å². The highest BCUT2D eigenvalue weighted by Gasteiger charge is 2.27. The van der Waals surface area contributed by atoms with Crippen LogP contribution in [0.25, 0.3) is 11.6 Å². The Morgan fingerprint density at radius 2 is 1.89 bits per heavy atom. The molecule has 1 amide bonds. The number of amides is 1. The Hall–Kier alpha value is -2.51. The highest BCUT2D eigenvalue weighted by atomic mass is 32.1. The van der Waals surface area contributed by atoms with Gasteiger partial charge in [-0.3, -0.25) is 4.79 Å². The summed E-state index contributed by atoms with van der Waals surface area (Å²) in [6.07, 6.45) is 1.53. The number of esters is 1. The predicted octanol–water partition coefficient (Wildman–Crippen LogP) is 3.61. The number of carbonyl (C=O) groups excluding carboxylic acids is 2. The van der Waals surface area contributed by atoms with Gasteiger partial charge in [-0.05, 0) is 49.1 Å². The highest BCUT2D eigenvalue weighted by Crippen LogP contribution is 2.24. The smallest absolute Gasteiger partial charge is 0.340 e. The van der Waals surface area contributed by atoms with Crippen LogP contribution in [0.15, 0.2) is 41.8 Å². The molecule has 28 heavy (non-hydrogen) atoms. The molecule has 0 radical (unpaired) electrons. The standard InChI is InChI=1S/C21H22FNO4S/c1-14-11-23(12-15(2)27-14)20(24)13-26-21(25)18(19-4-3-9-28-19)10-16-5-7-17(22)8-6-16/h3-10,14-15H,11-13H2,1-2H3. The van der Waals surface area contributed by atoms with Gasteiger partial charge in [0, 0.05) is 18.0 Å². The maximum Gasteiger partial charge on any atom is 0.340 e. The van der Waals surface area contributed by atoms with Gasteiger partial charge in [0.25, 0.3) is 5.91 Å². The second kappa shape index (κ2) is 9.12. The van der Waals surface area contributed by atoms with Crippen molar-refractivity contribution in [2.45, 2.75) is 26.1 Å². The Bertz CT molecular complexity index is 838. The molecule has 1 fully saturated rings. The predicted molar refractivity (Wildman–Crippen MR) is 106 cm³/mol. The summed E-state index contributed by atoms with van der Waals surface area (Å²) < 4.78 is 24.1. The van der Waals surface area contributed by atoms with Crippen LogP contribution in [0.3, 0.4) is 0 Å². The van der Waals surface area contributed by atoms with Crippen LogP contribution in [-0.4, -0.2) is 48.7 Å². The van der Waals surface area contributed by atoms with Crippen molar-refractivity contribution in [1.82, 2.24) is 4.90 Å². The Kier molecular flexibility index (Phi) is 6.59. The Morgan fingerprint density at radius 3 is 2.50 bits per heavy atom. The number of benzene rings is 1. The maximum atomic E-state index is 13.1. The van der Waals surface area contributed by atoms with Gasteiger partial charge in [0.2, 0.25) is 0 Å². The van der Waals surface area contributed by atoms with Crippen LogP contribution in [0.1, 0.15) is 24.3 Å². The Morgan fingerprint density at radius 1 is 1.21 bits per heavy atom. The van der Waals surface area contributed by atoms with Crippen molar-refractivity contribution in [1.29, 1.82) is 0 Å². The number of morpholine rings is 1. The third-order valence-electron chi connectivity index (χ3n) is 4.29. The summed E-state index contributed by atoms with van der Waals surface area (Å²) >= 11 is 1.39. The normalized spacial score (nSPS) is 20.1. The lowest BCUT2D eigenvalue weighted by Crippen LogP contribution is -2.49. The lowest BCUT2D eigenvalue weighted by molar-refractivity contribution is -0.154. The van der Waals surface area contributed by atoms with E-state index in [0.29, 0.717) is 24.2 Å². The van der Waals surface area contributed by atoms with Crippen LogP contribution in [0, 0.1) is 5.82 Å². The first-order valence-electron chi connectivity index (χ1n) is 9.04. The molecule has 2 atom stereocenters. The lowest BCUT2D eigenvalue weighted by Gasteiger charge is -2.35. The molecule has 1 aliphatic rings. The van der Waals surface area contributed by atoms with Crippen LogP contribution in [0.5, 0.6) is 0 Å². The van der Waals surface area contributed by atoms with Crippen molar-refractivity contribution < 1.29 is 23.5 Å². The van der Waals surface area contributed by atoms with E-state index in [9.17, 15) is 14.0 Å². The van der Waals surface area contributed by atoms with Crippen molar-refractivity contribution in [3.63, 3.8) is 0 Å². The van der Waals surface area contributed by atoms with Crippen molar-refractivity contribution >= 4 is 34.9 Å². The minimum atomic E-state index is -0.588. The van der Waals surface area contributed by atoms with Crippen LogP contribution in [-0.2, 0) is 19.1 Å². The highest BCUT2D eigenvalue weighted by molar-refractivity contribution is 7.11. The molecule has 1 aliphatic heterocycles. The molecule has 0 N–H and O–H groups in total. The molecule has 0 spiro atoms. The van der Waals surface area contributed by atoms with Crippen LogP contribution < -0.4 is 0 Å². The zero-order valence-corrected chi connectivity index (χ0v) is 16.6. The van der Waals surface area contributed by atoms with Gasteiger partial charge in [0.05, 0.1) is 17.8 Å². The molecule has 2 aromatic rings. The van der Waals surface area contributed by atoms with Crippen molar-refractivity contribution in [2.75, 3.05) is 19.7 Å². The quantitative estimate of drug-likeness (QED) is 0.565. The zero-order chi connectivity index (χ0) is 20.1. The van der Waals surface area contributed by atoms with E-state index in [4.69, 9.17) is 9.47 Å². The number of ether oxygens (including phenoxy) is 2. The SMILES string of the molecule is CC1CN(C(=O)COC(=O)C(=Cc2ccc(F)cc2)c2cccs2)CC(C)O1. The van der Waals surface area contributed by atoms with E-state index in [0.717, 1.165) is 4.88 Å². The molecular weight excluding hydrogens is 381 g/mol. The first-order chi connectivity index (χ1) is 13.4. The first-order valence-corrected chi connectivity index (χ1v) is 9.92. The van der Waals surface area contributed by atoms with Crippen LogP contribution in [0.2, 0.25) is 0 Å². The summed E-state index contributed by atoms with van der Waals surface area (Å²) in [5, 5.41) is 1.85. The van der Waals surface area contributed by atoms with E-state index < -0.39 is 5.97 Å². The monoisotopic (exact) mass is 403 g/mol. The fourth-order valence-corrected chi connectivity index (χ4v) is 3.80. The van der Waals surface area contributed by atoms with E-state index in [1.165, 1.54) is 23.5 Å². The molecule has 1 aromatic carbocycles. The molecule has 3 rings (SSSR count). The molecule has 148 valence electrons. The summed E-state index contributed by atoms with van der Waals surface area (Å²) in [5.74, 6) is -1.19. The summed E-state index contributed by atoms with van der Waals surface area (Å²) in [7, 11) is 0. The number of thiophene rings is 1. The van der Waals surface area contributed by atoms with Gasteiger partial charge in [-0.25, -0.2) is 9.18 Å². The minimum absolute atomic E-state index is 0.0524. The molecule has 1 aromatic heterocycles. The minimum Gasteiger partial charge on any atom is -0.452 e. The number of carbonyl (C=O) groups is 2. The molecule has 7 heteroatoms. The number of hydrogen-bond acceptors (Lipinski definition) is 5. The first kappa shape index (κ1) is 20.2. The number of hydrogen-bond donors (Lipinski definition) is 0. The van der Waals surface area contributed by atoms with E-state index >= 15 is 0 Å². The topological polar surface area (TPSA) is 55.8 Å². The Balaban J connectivity index is 1.70. The van der Waals surface area contributed by atoms with E-state index in [1.54, 1.807) is 29.2 Å². The molecule has 0 aliphatic carbocycles. The molecule has 0 saturated carbocycles. The molecule has 2 unspecified atom stereocenters. The Labute approximate surface area is 167 Å². The van der Waals surface area contributed by atoms with Gasteiger partial charge in [0.1, 0.15) is 5.82 Å². The second-order valence-electron chi connectivity index (χ2n) is 6.72. The van der Waals surface area contributed by atoms with Crippen molar-refractivity contribution in [2.24, 2.45) is 0 Å².